The van der Waals surface area contributed by atoms with Crippen molar-refractivity contribution in [1.29, 1.82) is 0 Å². The van der Waals surface area contributed by atoms with Gasteiger partial charge in [0, 0.05) is 12.1 Å². The van der Waals surface area contributed by atoms with Gasteiger partial charge < -0.3 is 5.32 Å². The van der Waals surface area contributed by atoms with Crippen LogP contribution in [0.25, 0.3) is 11.4 Å². The van der Waals surface area contributed by atoms with Crippen molar-refractivity contribution in [3.05, 3.63) is 65.5 Å². The molecule has 0 aliphatic carbocycles. The molecule has 0 fully saturated rings. The van der Waals surface area contributed by atoms with Gasteiger partial charge in [0.15, 0.2) is 0 Å². The lowest BCUT2D eigenvalue weighted by atomic mass is 10.1. The van der Waals surface area contributed by atoms with Crippen LogP contribution >= 0.6 is 0 Å². The largest absolute Gasteiger partial charge is 0.354 e. The molecule has 25 heavy (non-hydrogen) atoms. The zero-order chi connectivity index (χ0) is 17.6. The second kappa shape index (κ2) is 7.65. The Morgan fingerprint density at radius 3 is 2.68 bits per heavy atom. The van der Waals surface area contributed by atoms with Crippen LogP contribution in [0.15, 0.2) is 48.5 Å². The van der Waals surface area contributed by atoms with E-state index in [2.05, 4.69) is 20.7 Å². The monoisotopic (exact) mass is 339 g/mol. The number of aryl methyl sites for hydroxylation is 1. The summed E-state index contributed by atoms with van der Waals surface area (Å²) in [5.74, 6) is 0.0301. The summed E-state index contributed by atoms with van der Waals surface area (Å²) in [6.45, 7) is 2.43. The summed E-state index contributed by atoms with van der Waals surface area (Å²) in [6, 6.07) is 14.0. The number of nitrogens with zero attached hydrogens (tertiary/aromatic N) is 4. The number of benzene rings is 2. The lowest BCUT2D eigenvalue weighted by Gasteiger charge is -2.04. The smallest absolute Gasteiger partial charge is 0.243 e. The van der Waals surface area contributed by atoms with Crippen LogP contribution in [0.4, 0.5) is 4.39 Å². The summed E-state index contributed by atoms with van der Waals surface area (Å²) in [7, 11) is 0. The average molecular weight is 339 g/mol. The predicted octanol–water partition coefficient (Wildman–Crippen LogP) is 2.15. The van der Waals surface area contributed by atoms with Crippen LogP contribution in [-0.4, -0.2) is 32.7 Å². The van der Waals surface area contributed by atoms with Crippen molar-refractivity contribution in [2.75, 3.05) is 6.54 Å². The summed E-state index contributed by atoms with van der Waals surface area (Å²) in [4.78, 5) is 13.2. The summed E-state index contributed by atoms with van der Waals surface area (Å²) >= 11 is 0. The summed E-state index contributed by atoms with van der Waals surface area (Å²) in [5.41, 5.74) is 2.90. The third-order valence-electron chi connectivity index (χ3n) is 3.77. The van der Waals surface area contributed by atoms with E-state index >= 15 is 0 Å². The van der Waals surface area contributed by atoms with Gasteiger partial charge in [0.2, 0.25) is 11.7 Å². The zero-order valence-electron chi connectivity index (χ0n) is 13.8. The number of aromatic nitrogens is 4. The van der Waals surface area contributed by atoms with Gasteiger partial charge in [-0.3, -0.25) is 4.79 Å². The normalized spacial score (nSPS) is 10.6. The Labute approximate surface area is 144 Å². The highest BCUT2D eigenvalue weighted by Crippen LogP contribution is 2.17. The van der Waals surface area contributed by atoms with Crippen LogP contribution in [-0.2, 0) is 17.8 Å². The number of carbonyl (C=O) groups is 1. The second-order valence-electron chi connectivity index (χ2n) is 5.68. The molecule has 2 aromatic carbocycles. The number of nitrogens with one attached hydrogen (secondary N) is 1. The quantitative estimate of drug-likeness (QED) is 0.747. The molecule has 7 heteroatoms. The van der Waals surface area contributed by atoms with Crippen molar-refractivity contribution >= 4 is 5.91 Å². The summed E-state index contributed by atoms with van der Waals surface area (Å²) in [6.07, 6.45) is 0.630. The van der Waals surface area contributed by atoms with Gasteiger partial charge >= 0.3 is 0 Å². The lowest BCUT2D eigenvalue weighted by Crippen LogP contribution is -2.30. The zero-order valence-corrected chi connectivity index (χ0v) is 13.8. The molecular weight excluding hydrogens is 321 g/mol. The molecule has 0 unspecified atom stereocenters. The van der Waals surface area contributed by atoms with Gasteiger partial charge in [0.05, 0.1) is 0 Å². The highest BCUT2D eigenvalue weighted by atomic mass is 19.1. The fraction of sp³-hybridized carbons (Fsp3) is 0.222. The van der Waals surface area contributed by atoms with Crippen LogP contribution < -0.4 is 5.32 Å². The number of amides is 1. The highest BCUT2D eigenvalue weighted by molar-refractivity contribution is 5.75. The number of carbonyl (C=O) groups excluding carboxylic acids is 1. The molecular formula is C18H18FN5O. The number of tetrazole rings is 1. The molecule has 6 nitrogen and oxygen atoms in total. The Morgan fingerprint density at radius 2 is 1.92 bits per heavy atom. The van der Waals surface area contributed by atoms with E-state index in [-0.39, 0.29) is 18.3 Å². The molecule has 0 radical (unpaired) electrons. The van der Waals surface area contributed by atoms with Gasteiger partial charge in [-0.15, -0.1) is 10.2 Å². The Bertz CT molecular complexity index is 860. The molecule has 3 aromatic rings. The second-order valence-corrected chi connectivity index (χ2v) is 5.68. The first-order chi connectivity index (χ1) is 12.1. The van der Waals surface area contributed by atoms with Gasteiger partial charge in [-0.2, -0.15) is 4.80 Å². The van der Waals surface area contributed by atoms with E-state index in [0.29, 0.717) is 18.8 Å². The van der Waals surface area contributed by atoms with E-state index in [1.54, 1.807) is 12.1 Å². The lowest BCUT2D eigenvalue weighted by molar-refractivity contribution is -0.122. The van der Waals surface area contributed by atoms with E-state index < -0.39 is 0 Å². The van der Waals surface area contributed by atoms with Crippen LogP contribution in [0.1, 0.15) is 11.1 Å². The molecule has 0 atom stereocenters. The SMILES string of the molecule is Cc1ccccc1-c1nnn(CC(=O)NCCc2ccc(F)cc2)n1. The fourth-order valence-electron chi connectivity index (χ4n) is 2.42. The summed E-state index contributed by atoms with van der Waals surface area (Å²) < 4.78 is 12.8. The summed E-state index contributed by atoms with van der Waals surface area (Å²) in [5, 5.41) is 15.0. The van der Waals surface area contributed by atoms with Crippen molar-refractivity contribution in [2.24, 2.45) is 0 Å². The average Bonchev–Trinajstić information content (AvgIpc) is 3.05. The van der Waals surface area contributed by atoms with E-state index in [1.165, 1.54) is 16.9 Å². The Kier molecular flexibility index (Phi) is 5.13. The van der Waals surface area contributed by atoms with Crippen molar-refractivity contribution in [3.8, 4) is 11.4 Å². The third-order valence-corrected chi connectivity index (χ3v) is 3.77. The topological polar surface area (TPSA) is 72.7 Å². The maximum Gasteiger partial charge on any atom is 0.243 e. The third kappa shape index (κ3) is 4.47. The standard InChI is InChI=1S/C18H18FN5O/c1-13-4-2-3-5-16(13)18-21-23-24(22-18)12-17(25)20-11-10-14-6-8-15(19)9-7-14/h2-9H,10-12H2,1H3,(H,20,25). The minimum Gasteiger partial charge on any atom is -0.354 e. The van der Waals surface area contributed by atoms with Gasteiger partial charge in [0.1, 0.15) is 12.4 Å². The molecule has 0 saturated heterocycles. The number of hydrogen-bond donors (Lipinski definition) is 1. The van der Waals surface area contributed by atoms with Gasteiger partial charge in [-0.25, -0.2) is 4.39 Å². The van der Waals surface area contributed by atoms with E-state index in [0.717, 1.165) is 16.7 Å². The van der Waals surface area contributed by atoms with Crippen molar-refractivity contribution in [2.45, 2.75) is 19.9 Å². The first-order valence-electron chi connectivity index (χ1n) is 7.97. The molecule has 1 heterocycles. The maximum atomic E-state index is 12.8. The molecule has 0 aliphatic rings. The Balaban J connectivity index is 1.52. The first kappa shape index (κ1) is 16.8. The van der Waals surface area contributed by atoms with Crippen molar-refractivity contribution in [1.82, 2.24) is 25.5 Å². The van der Waals surface area contributed by atoms with Crippen LogP contribution in [0.3, 0.4) is 0 Å². The number of halogens is 1. The fourth-order valence-corrected chi connectivity index (χ4v) is 2.42. The molecule has 128 valence electrons. The van der Waals surface area contributed by atoms with Gasteiger partial charge in [-0.05, 0) is 41.8 Å². The highest BCUT2D eigenvalue weighted by Gasteiger charge is 2.10. The maximum absolute atomic E-state index is 12.8. The molecule has 0 bridgehead atoms. The van der Waals surface area contributed by atoms with Crippen LogP contribution in [0.5, 0.6) is 0 Å². The number of rotatable bonds is 6. The van der Waals surface area contributed by atoms with Crippen molar-refractivity contribution in [3.63, 3.8) is 0 Å². The van der Waals surface area contributed by atoms with E-state index in [1.807, 2.05) is 31.2 Å². The minimum atomic E-state index is -0.269. The van der Waals surface area contributed by atoms with Gasteiger partial charge in [-0.1, -0.05) is 36.4 Å². The number of hydrogen-bond acceptors (Lipinski definition) is 4. The molecule has 0 aliphatic heterocycles. The Morgan fingerprint density at radius 1 is 1.16 bits per heavy atom. The van der Waals surface area contributed by atoms with E-state index in [9.17, 15) is 9.18 Å². The minimum absolute atomic E-state index is 0.00228. The van der Waals surface area contributed by atoms with Crippen LogP contribution in [0, 0.1) is 12.7 Å². The van der Waals surface area contributed by atoms with Crippen molar-refractivity contribution < 1.29 is 9.18 Å². The molecule has 3 rings (SSSR count). The molecule has 0 saturated carbocycles. The first-order valence-corrected chi connectivity index (χ1v) is 7.97. The predicted molar refractivity (Wildman–Crippen MR) is 91.1 cm³/mol. The molecule has 1 N–H and O–H groups in total. The van der Waals surface area contributed by atoms with Crippen LogP contribution in [0.2, 0.25) is 0 Å². The molecule has 1 amide bonds. The van der Waals surface area contributed by atoms with E-state index in [4.69, 9.17) is 0 Å². The molecule has 0 spiro atoms. The van der Waals surface area contributed by atoms with Gasteiger partial charge in [0.25, 0.3) is 0 Å². The molecule has 1 aromatic heterocycles. The Hall–Kier alpha value is -3.09.